The monoisotopic (exact) mass is 319 g/mol. The van der Waals surface area contributed by atoms with Gasteiger partial charge < -0.3 is 14.9 Å². The van der Waals surface area contributed by atoms with Crippen LogP contribution >= 0.6 is 15.9 Å². The predicted molar refractivity (Wildman–Crippen MR) is 68.6 cm³/mol. The number of hydrogen-bond acceptors (Lipinski definition) is 5. The summed E-state index contributed by atoms with van der Waals surface area (Å²) >= 11 is 3.14. The number of hydrogen-bond donors (Lipinski definition) is 2. The first-order valence-corrected chi connectivity index (χ1v) is 6.09. The Morgan fingerprint density at radius 3 is 2.50 bits per heavy atom. The Kier molecular flexibility index (Phi) is 5.06. The number of rotatable bonds is 5. The van der Waals surface area contributed by atoms with Gasteiger partial charge in [-0.05, 0) is 19.9 Å². The zero-order chi connectivity index (χ0) is 13.9. The third kappa shape index (κ3) is 3.66. The van der Waals surface area contributed by atoms with Crippen LogP contribution in [0.25, 0.3) is 0 Å². The van der Waals surface area contributed by atoms with Crippen molar-refractivity contribution in [2.45, 2.75) is 26.1 Å². The van der Waals surface area contributed by atoms with Crippen molar-refractivity contribution in [3.05, 3.63) is 32.3 Å². The van der Waals surface area contributed by atoms with Gasteiger partial charge in [-0.3, -0.25) is 10.1 Å². The fraction of sp³-hybridized carbons (Fsp3) is 0.455. The van der Waals surface area contributed by atoms with Gasteiger partial charge in [0.05, 0.1) is 17.1 Å². The maximum atomic E-state index is 11.0. The highest BCUT2D eigenvalue weighted by molar-refractivity contribution is 9.10. The van der Waals surface area contributed by atoms with Crippen molar-refractivity contribution in [2.75, 3.05) is 6.61 Å². The molecule has 0 radical (unpaired) electrons. The number of aliphatic hydroxyl groups is 2. The maximum Gasteiger partial charge on any atom is 0.312 e. The van der Waals surface area contributed by atoms with Gasteiger partial charge in [-0.1, -0.05) is 15.9 Å². The van der Waals surface area contributed by atoms with E-state index in [-0.39, 0.29) is 18.0 Å². The van der Waals surface area contributed by atoms with E-state index in [4.69, 9.17) is 9.84 Å². The van der Waals surface area contributed by atoms with E-state index in [0.717, 1.165) is 0 Å². The van der Waals surface area contributed by atoms with Crippen molar-refractivity contribution in [1.29, 1.82) is 0 Å². The number of halogens is 1. The molecule has 0 saturated carbocycles. The second-order valence-corrected chi connectivity index (χ2v) is 4.85. The molecule has 0 heterocycles. The van der Waals surface area contributed by atoms with Crippen molar-refractivity contribution in [3.8, 4) is 5.75 Å². The highest BCUT2D eigenvalue weighted by Crippen LogP contribution is 2.37. The summed E-state index contributed by atoms with van der Waals surface area (Å²) in [6.07, 6.45) is -1.67. The van der Waals surface area contributed by atoms with Crippen molar-refractivity contribution in [1.82, 2.24) is 0 Å². The fourth-order valence-corrected chi connectivity index (χ4v) is 1.87. The van der Waals surface area contributed by atoms with E-state index in [2.05, 4.69) is 15.9 Å². The molecule has 0 fully saturated rings. The fourth-order valence-electron chi connectivity index (χ4n) is 1.41. The van der Waals surface area contributed by atoms with Crippen LogP contribution in [0.4, 0.5) is 5.69 Å². The Balaban J connectivity index is 3.27. The molecule has 0 spiro atoms. The number of nitro groups is 1. The Morgan fingerprint density at radius 1 is 1.44 bits per heavy atom. The second kappa shape index (κ2) is 6.12. The van der Waals surface area contributed by atoms with Crippen LogP contribution in [-0.2, 0) is 0 Å². The van der Waals surface area contributed by atoms with Gasteiger partial charge in [-0.25, -0.2) is 0 Å². The summed E-state index contributed by atoms with van der Waals surface area (Å²) in [4.78, 5) is 10.4. The summed E-state index contributed by atoms with van der Waals surface area (Å²) in [6.45, 7) is 2.91. The van der Waals surface area contributed by atoms with Crippen LogP contribution in [0.5, 0.6) is 5.75 Å². The summed E-state index contributed by atoms with van der Waals surface area (Å²) in [6, 6.07) is 2.85. The Morgan fingerprint density at radius 2 is 2.06 bits per heavy atom. The molecule has 100 valence electrons. The number of nitro benzene ring substituents is 1. The van der Waals surface area contributed by atoms with Crippen LogP contribution in [0, 0.1) is 10.1 Å². The van der Waals surface area contributed by atoms with Crippen molar-refractivity contribution in [2.24, 2.45) is 0 Å². The first-order valence-electron chi connectivity index (χ1n) is 5.29. The molecule has 1 aromatic carbocycles. The molecule has 2 unspecified atom stereocenters. The highest BCUT2D eigenvalue weighted by atomic mass is 79.9. The number of nitrogens with zero attached hydrogens (tertiary/aromatic N) is 1. The van der Waals surface area contributed by atoms with Crippen molar-refractivity contribution >= 4 is 21.6 Å². The summed E-state index contributed by atoms with van der Waals surface area (Å²) in [5.74, 6) is -0.0147. The quantitative estimate of drug-likeness (QED) is 0.641. The van der Waals surface area contributed by atoms with Crippen LogP contribution < -0.4 is 4.74 Å². The minimum Gasteiger partial charge on any atom is -0.484 e. The topological polar surface area (TPSA) is 92.8 Å². The molecule has 1 rings (SSSR count). The highest BCUT2D eigenvalue weighted by Gasteiger charge is 2.23. The lowest BCUT2D eigenvalue weighted by Gasteiger charge is -2.15. The van der Waals surface area contributed by atoms with Crippen LogP contribution in [-0.4, -0.2) is 27.8 Å². The molecule has 0 aliphatic carbocycles. The largest absolute Gasteiger partial charge is 0.484 e. The molecule has 7 heteroatoms. The molecule has 1 aromatic rings. The summed E-state index contributed by atoms with van der Waals surface area (Å²) in [5.41, 5.74) is 0.0534. The van der Waals surface area contributed by atoms with Crippen LogP contribution in [0.2, 0.25) is 0 Å². The van der Waals surface area contributed by atoms with Gasteiger partial charge in [0.25, 0.3) is 0 Å². The summed E-state index contributed by atoms with van der Waals surface area (Å²) < 4.78 is 5.72. The van der Waals surface area contributed by atoms with Gasteiger partial charge in [0, 0.05) is 16.1 Å². The molecule has 0 aliphatic heterocycles. The van der Waals surface area contributed by atoms with E-state index in [0.29, 0.717) is 10.0 Å². The third-order valence-corrected chi connectivity index (χ3v) is 2.64. The molecule has 2 atom stereocenters. The Labute approximate surface area is 112 Å². The van der Waals surface area contributed by atoms with Crippen LogP contribution in [0.15, 0.2) is 16.6 Å². The Bertz CT molecular complexity index is 447. The lowest BCUT2D eigenvalue weighted by Crippen LogP contribution is -2.15. The van der Waals surface area contributed by atoms with Gasteiger partial charge >= 0.3 is 5.69 Å². The van der Waals surface area contributed by atoms with Gasteiger partial charge in [0.2, 0.25) is 5.75 Å². The molecule has 0 saturated heterocycles. The predicted octanol–water partition coefficient (Wildman–Crippen LogP) is 2.17. The van der Waals surface area contributed by atoms with E-state index in [1.165, 1.54) is 19.9 Å². The van der Waals surface area contributed by atoms with Gasteiger partial charge in [0.15, 0.2) is 0 Å². The van der Waals surface area contributed by atoms with Gasteiger partial charge in [0.1, 0.15) is 6.61 Å². The summed E-state index contributed by atoms with van der Waals surface area (Å²) in [5, 5.41) is 29.7. The number of aliphatic hydroxyl groups excluding tert-OH is 2. The minimum absolute atomic E-state index is 0.0147. The van der Waals surface area contributed by atoms with Gasteiger partial charge in [-0.2, -0.15) is 0 Å². The zero-order valence-corrected chi connectivity index (χ0v) is 11.5. The first-order chi connectivity index (χ1) is 8.32. The molecule has 18 heavy (non-hydrogen) atoms. The molecule has 0 bridgehead atoms. The average molecular weight is 320 g/mol. The zero-order valence-electron chi connectivity index (χ0n) is 9.96. The van der Waals surface area contributed by atoms with E-state index in [1.54, 1.807) is 6.07 Å². The third-order valence-electron chi connectivity index (χ3n) is 2.18. The lowest BCUT2D eigenvalue weighted by molar-refractivity contribution is -0.386. The minimum atomic E-state index is -0.912. The summed E-state index contributed by atoms with van der Waals surface area (Å²) in [7, 11) is 0. The SMILES string of the molecule is CC(O)COc1c(C(C)O)cc(Br)cc1[N+](=O)[O-]. The maximum absolute atomic E-state index is 11.0. The lowest BCUT2D eigenvalue weighted by atomic mass is 10.1. The molecular weight excluding hydrogens is 306 g/mol. The van der Waals surface area contributed by atoms with Crippen LogP contribution in [0.3, 0.4) is 0 Å². The van der Waals surface area contributed by atoms with Crippen molar-refractivity contribution < 1.29 is 19.9 Å². The smallest absolute Gasteiger partial charge is 0.312 e. The van der Waals surface area contributed by atoms with Gasteiger partial charge in [-0.15, -0.1) is 0 Å². The molecule has 0 amide bonds. The van der Waals surface area contributed by atoms with Crippen molar-refractivity contribution in [3.63, 3.8) is 0 Å². The Hall–Kier alpha value is -1.18. The van der Waals surface area contributed by atoms with E-state index in [9.17, 15) is 15.2 Å². The number of ether oxygens (including phenoxy) is 1. The molecule has 6 nitrogen and oxygen atoms in total. The molecule has 0 aromatic heterocycles. The molecule has 2 N–H and O–H groups in total. The average Bonchev–Trinajstić information content (AvgIpc) is 2.25. The standard InChI is InChI=1S/C11H14BrNO5/c1-6(14)5-18-11-9(7(2)15)3-8(12)4-10(11)13(16)17/h3-4,6-7,14-15H,5H2,1-2H3. The van der Waals surface area contributed by atoms with E-state index in [1.807, 2.05) is 0 Å². The van der Waals surface area contributed by atoms with E-state index >= 15 is 0 Å². The molecular formula is C11H14BrNO5. The van der Waals surface area contributed by atoms with E-state index < -0.39 is 17.1 Å². The first kappa shape index (κ1) is 14.9. The molecule has 0 aliphatic rings. The van der Waals surface area contributed by atoms with Crippen LogP contribution in [0.1, 0.15) is 25.5 Å². The normalized spacial score (nSPS) is 14.1. The number of benzene rings is 1. The second-order valence-electron chi connectivity index (χ2n) is 3.94.